The second-order valence-corrected chi connectivity index (χ2v) is 6.32. The summed E-state index contributed by atoms with van der Waals surface area (Å²) in [7, 11) is 3.60. The van der Waals surface area contributed by atoms with Crippen LogP contribution in [0.15, 0.2) is 24.3 Å². The second-order valence-electron chi connectivity index (χ2n) is 5.24. The zero-order valence-electron chi connectivity index (χ0n) is 12.2. The van der Waals surface area contributed by atoms with Crippen molar-refractivity contribution in [2.24, 2.45) is 0 Å². The molecular weight excluding hydrogens is 377 g/mol. The third kappa shape index (κ3) is 3.28. The number of ether oxygens (including phenoxy) is 1. The molecule has 0 unspecified atom stereocenters. The first kappa shape index (κ1) is 14.6. The lowest BCUT2D eigenvalue weighted by Gasteiger charge is -2.11. The molecule has 1 fully saturated rings. The van der Waals surface area contributed by atoms with Crippen LogP contribution in [0.2, 0.25) is 0 Å². The van der Waals surface area contributed by atoms with Gasteiger partial charge in [0, 0.05) is 19.4 Å². The SMILES string of the molecule is CNc1nc(Cc2cccc(OC)c2)nc(C2CC2)c1I. The van der Waals surface area contributed by atoms with Gasteiger partial charge in [-0.2, -0.15) is 0 Å². The smallest absolute Gasteiger partial charge is 0.143 e. The van der Waals surface area contributed by atoms with Crippen LogP contribution in [-0.2, 0) is 6.42 Å². The van der Waals surface area contributed by atoms with Gasteiger partial charge < -0.3 is 10.1 Å². The van der Waals surface area contributed by atoms with E-state index in [0.29, 0.717) is 5.92 Å². The quantitative estimate of drug-likeness (QED) is 0.787. The van der Waals surface area contributed by atoms with Crippen LogP contribution in [0, 0.1) is 3.57 Å². The topological polar surface area (TPSA) is 47.0 Å². The molecule has 0 bridgehead atoms. The Kier molecular flexibility index (Phi) is 4.28. The van der Waals surface area contributed by atoms with Gasteiger partial charge in [-0.15, -0.1) is 0 Å². The average Bonchev–Trinajstić information content (AvgIpc) is 3.33. The average molecular weight is 395 g/mol. The van der Waals surface area contributed by atoms with Crippen molar-refractivity contribution < 1.29 is 4.74 Å². The van der Waals surface area contributed by atoms with Crippen molar-refractivity contribution in [3.63, 3.8) is 0 Å². The monoisotopic (exact) mass is 395 g/mol. The summed E-state index contributed by atoms with van der Waals surface area (Å²) in [5, 5.41) is 3.18. The molecule has 0 spiro atoms. The van der Waals surface area contributed by atoms with E-state index >= 15 is 0 Å². The molecule has 0 aliphatic heterocycles. The Morgan fingerprint density at radius 3 is 2.81 bits per heavy atom. The Morgan fingerprint density at radius 1 is 1.33 bits per heavy atom. The van der Waals surface area contributed by atoms with Crippen LogP contribution < -0.4 is 10.1 Å². The van der Waals surface area contributed by atoms with E-state index in [1.807, 2.05) is 25.2 Å². The molecule has 1 saturated carbocycles. The number of benzene rings is 1. The lowest BCUT2D eigenvalue weighted by molar-refractivity contribution is 0.414. The lowest BCUT2D eigenvalue weighted by atomic mass is 10.1. The summed E-state index contributed by atoms with van der Waals surface area (Å²) in [4.78, 5) is 9.44. The third-order valence-electron chi connectivity index (χ3n) is 3.62. The van der Waals surface area contributed by atoms with Gasteiger partial charge in [0.05, 0.1) is 16.4 Å². The Hall–Kier alpha value is -1.37. The number of anilines is 1. The van der Waals surface area contributed by atoms with Crippen molar-refractivity contribution in [3.05, 3.63) is 44.9 Å². The Balaban J connectivity index is 1.92. The van der Waals surface area contributed by atoms with Crippen LogP contribution in [0.25, 0.3) is 0 Å². The summed E-state index contributed by atoms with van der Waals surface area (Å²) in [6, 6.07) is 8.07. The van der Waals surface area contributed by atoms with E-state index in [-0.39, 0.29) is 0 Å². The number of halogens is 1. The predicted molar refractivity (Wildman–Crippen MR) is 92.1 cm³/mol. The fraction of sp³-hybridized carbons (Fsp3) is 0.375. The van der Waals surface area contributed by atoms with Crippen molar-refractivity contribution in [2.75, 3.05) is 19.5 Å². The van der Waals surface area contributed by atoms with Gasteiger partial charge >= 0.3 is 0 Å². The van der Waals surface area contributed by atoms with E-state index in [2.05, 4.69) is 39.0 Å². The van der Waals surface area contributed by atoms with Gasteiger partial charge in [0.2, 0.25) is 0 Å². The summed E-state index contributed by atoms with van der Waals surface area (Å²) >= 11 is 2.35. The van der Waals surface area contributed by atoms with E-state index in [0.717, 1.165) is 27.4 Å². The van der Waals surface area contributed by atoms with Gasteiger partial charge in [0.25, 0.3) is 0 Å². The highest BCUT2D eigenvalue weighted by molar-refractivity contribution is 14.1. The van der Waals surface area contributed by atoms with E-state index in [1.54, 1.807) is 7.11 Å². The summed E-state index contributed by atoms with van der Waals surface area (Å²) < 4.78 is 6.43. The predicted octanol–water partition coefficient (Wildman–Crippen LogP) is 3.60. The van der Waals surface area contributed by atoms with Gasteiger partial charge in [0.1, 0.15) is 17.4 Å². The molecule has 0 amide bonds. The minimum Gasteiger partial charge on any atom is -0.497 e. The fourth-order valence-corrected chi connectivity index (χ4v) is 3.30. The van der Waals surface area contributed by atoms with E-state index < -0.39 is 0 Å². The molecular formula is C16H18IN3O. The van der Waals surface area contributed by atoms with Crippen LogP contribution >= 0.6 is 22.6 Å². The first-order valence-corrected chi connectivity index (χ1v) is 8.16. The summed E-state index contributed by atoms with van der Waals surface area (Å²) in [5.74, 6) is 3.30. The number of nitrogens with zero attached hydrogens (tertiary/aromatic N) is 2. The molecule has 1 heterocycles. The highest BCUT2D eigenvalue weighted by Gasteiger charge is 2.29. The van der Waals surface area contributed by atoms with Crippen molar-refractivity contribution in [3.8, 4) is 5.75 Å². The molecule has 5 heteroatoms. The van der Waals surface area contributed by atoms with Gasteiger partial charge in [-0.05, 0) is 53.1 Å². The highest BCUT2D eigenvalue weighted by atomic mass is 127. The summed E-state index contributed by atoms with van der Waals surface area (Å²) in [5.41, 5.74) is 2.37. The number of rotatable bonds is 5. The highest BCUT2D eigenvalue weighted by Crippen LogP contribution is 2.42. The van der Waals surface area contributed by atoms with E-state index in [9.17, 15) is 0 Å². The molecule has 110 valence electrons. The first-order valence-electron chi connectivity index (χ1n) is 7.08. The van der Waals surface area contributed by atoms with Crippen LogP contribution in [0.5, 0.6) is 5.75 Å². The largest absolute Gasteiger partial charge is 0.497 e. The first-order chi connectivity index (χ1) is 10.2. The molecule has 1 aromatic carbocycles. The number of nitrogens with one attached hydrogen (secondary N) is 1. The lowest BCUT2D eigenvalue weighted by Crippen LogP contribution is -2.07. The molecule has 4 nitrogen and oxygen atoms in total. The molecule has 2 aromatic rings. The molecule has 3 rings (SSSR count). The summed E-state index contributed by atoms with van der Waals surface area (Å²) in [6.07, 6.45) is 3.21. The standard InChI is InChI=1S/C16H18IN3O/c1-18-16-14(17)15(11-6-7-11)19-13(20-16)9-10-4-3-5-12(8-10)21-2/h3-5,8,11H,6-7,9H2,1-2H3,(H,18,19,20). The Labute approximate surface area is 138 Å². The zero-order chi connectivity index (χ0) is 14.8. The maximum absolute atomic E-state index is 5.27. The number of hydrogen-bond donors (Lipinski definition) is 1. The molecule has 1 aliphatic carbocycles. The molecule has 1 N–H and O–H groups in total. The third-order valence-corrected chi connectivity index (χ3v) is 4.68. The van der Waals surface area contributed by atoms with Crippen LogP contribution in [-0.4, -0.2) is 24.1 Å². The van der Waals surface area contributed by atoms with Gasteiger partial charge in [-0.3, -0.25) is 0 Å². The molecule has 21 heavy (non-hydrogen) atoms. The zero-order valence-corrected chi connectivity index (χ0v) is 14.3. The van der Waals surface area contributed by atoms with Crippen molar-refractivity contribution >= 4 is 28.4 Å². The van der Waals surface area contributed by atoms with Crippen LogP contribution in [0.3, 0.4) is 0 Å². The maximum atomic E-state index is 5.27. The second kappa shape index (κ2) is 6.17. The van der Waals surface area contributed by atoms with Gasteiger partial charge in [-0.1, -0.05) is 12.1 Å². The molecule has 1 aromatic heterocycles. The van der Waals surface area contributed by atoms with Crippen LogP contribution in [0.4, 0.5) is 5.82 Å². The van der Waals surface area contributed by atoms with E-state index in [1.165, 1.54) is 24.1 Å². The number of methoxy groups -OCH3 is 1. The number of aromatic nitrogens is 2. The molecule has 0 radical (unpaired) electrons. The molecule has 0 atom stereocenters. The molecule has 0 saturated heterocycles. The molecule has 1 aliphatic rings. The van der Waals surface area contributed by atoms with Crippen molar-refractivity contribution in [1.29, 1.82) is 0 Å². The Morgan fingerprint density at radius 2 is 2.14 bits per heavy atom. The Bertz CT molecular complexity index is 656. The minimum atomic E-state index is 0.621. The fourth-order valence-electron chi connectivity index (χ4n) is 2.35. The van der Waals surface area contributed by atoms with Gasteiger partial charge in [-0.25, -0.2) is 9.97 Å². The van der Waals surface area contributed by atoms with Gasteiger partial charge in [0.15, 0.2) is 0 Å². The van der Waals surface area contributed by atoms with Crippen molar-refractivity contribution in [2.45, 2.75) is 25.2 Å². The summed E-state index contributed by atoms with van der Waals surface area (Å²) in [6.45, 7) is 0. The normalized spacial score (nSPS) is 14.0. The number of hydrogen-bond acceptors (Lipinski definition) is 4. The minimum absolute atomic E-state index is 0.621. The van der Waals surface area contributed by atoms with Crippen LogP contribution in [0.1, 0.15) is 35.8 Å². The van der Waals surface area contributed by atoms with E-state index in [4.69, 9.17) is 9.72 Å². The van der Waals surface area contributed by atoms with Crippen molar-refractivity contribution in [1.82, 2.24) is 9.97 Å². The maximum Gasteiger partial charge on any atom is 0.143 e.